The van der Waals surface area contributed by atoms with E-state index in [1.165, 1.54) is 0 Å². The molecule has 4 rings (SSSR count). The second-order valence-corrected chi connectivity index (χ2v) is 7.04. The fourth-order valence-corrected chi connectivity index (χ4v) is 2.94. The highest BCUT2D eigenvalue weighted by molar-refractivity contribution is 9.10. The fraction of sp³-hybridized carbons (Fsp3) is 0. The van der Waals surface area contributed by atoms with E-state index < -0.39 is 0 Å². The van der Waals surface area contributed by atoms with Gasteiger partial charge in [-0.25, -0.2) is 15.0 Å². The van der Waals surface area contributed by atoms with Crippen molar-refractivity contribution in [2.45, 2.75) is 0 Å². The Morgan fingerprint density at radius 2 is 0.962 bits per heavy atom. The highest BCUT2D eigenvalue weighted by Gasteiger charge is 2.12. The van der Waals surface area contributed by atoms with Crippen LogP contribution in [-0.2, 0) is 0 Å². The van der Waals surface area contributed by atoms with Crippen LogP contribution < -0.4 is 0 Å². The molecule has 3 aromatic carbocycles. The first-order valence-electron chi connectivity index (χ1n) is 8.02. The van der Waals surface area contributed by atoms with E-state index >= 15 is 0 Å². The standard InChI is InChI=1S/C21H13BrClN3/c22-17-10-6-15(7-11-17)20-24-19(14-4-2-1-3-5-14)25-21(26-20)16-8-12-18(23)13-9-16/h1-13H. The van der Waals surface area contributed by atoms with Crippen LogP contribution in [0.15, 0.2) is 83.3 Å². The van der Waals surface area contributed by atoms with Crippen molar-refractivity contribution in [3.05, 3.63) is 88.4 Å². The predicted molar refractivity (Wildman–Crippen MR) is 109 cm³/mol. The van der Waals surface area contributed by atoms with Crippen molar-refractivity contribution in [1.82, 2.24) is 15.0 Å². The Hall–Kier alpha value is -2.56. The van der Waals surface area contributed by atoms with E-state index in [9.17, 15) is 0 Å². The van der Waals surface area contributed by atoms with Crippen LogP contribution in [0.25, 0.3) is 34.2 Å². The number of halogens is 2. The van der Waals surface area contributed by atoms with E-state index in [0.717, 1.165) is 21.2 Å². The van der Waals surface area contributed by atoms with Gasteiger partial charge in [-0.05, 0) is 36.4 Å². The Morgan fingerprint density at radius 1 is 0.538 bits per heavy atom. The summed E-state index contributed by atoms with van der Waals surface area (Å²) in [7, 11) is 0. The van der Waals surface area contributed by atoms with Gasteiger partial charge in [0.1, 0.15) is 0 Å². The number of rotatable bonds is 3. The molecular formula is C21H13BrClN3. The molecule has 0 aliphatic rings. The lowest BCUT2D eigenvalue weighted by Crippen LogP contribution is -2.00. The van der Waals surface area contributed by atoms with E-state index in [4.69, 9.17) is 11.6 Å². The van der Waals surface area contributed by atoms with Gasteiger partial charge < -0.3 is 0 Å². The lowest BCUT2D eigenvalue weighted by atomic mass is 10.1. The summed E-state index contributed by atoms with van der Waals surface area (Å²) in [6.45, 7) is 0. The van der Waals surface area contributed by atoms with Gasteiger partial charge >= 0.3 is 0 Å². The molecule has 0 aliphatic carbocycles. The summed E-state index contributed by atoms with van der Waals surface area (Å²) >= 11 is 9.47. The third-order valence-corrected chi connectivity index (χ3v) is 4.65. The lowest BCUT2D eigenvalue weighted by Gasteiger charge is -2.08. The number of aromatic nitrogens is 3. The molecule has 26 heavy (non-hydrogen) atoms. The number of hydrogen-bond acceptors (Lipinski definition) is 3. The normalized spacial score (nSPS) is 10.7. The van der Waals surface area contributed by atoms with E-state index in [2.05, 4.69) is 30.9 Å². The van der Waals surface area contributed by atoms with Gasteiger partial charge in [0.2, 0.25) is 0 Å². The molecule has 0 aliphatic heterocycles. The summed E-state index contributed by atoms with van der Waals surface area (Å²) in [5.41, 5.74) is 2.78. The molecule has 1 heterocycles. The SMILES string of the molecule is Clc1ccc(-c2nc(-c3ccccc3)nc(-c3ccc(Br)cc3)n2)cc1. The molecular weight excluding hydrogens is 410 g/mol. The van der Waals surface area contributed by atoms with Gasteiger partial charge in [0, 0.05) is 26.2 Å². The summed E-state index contributed by atoms with van der Waals surface area (Å²) in [4.78, 5) is 14.0. The summed E-state index contributed by atoms with van der Waals surface area (Å²) in [6, 6.07) is 25.3. The number of benzene rings is 3. The zero-order valence-electron chi connectivity index (χ0n) is 13.6. The van der Waals surface area contributed by atoms with Crippen LogP contribution in [0.5, 0.6) is 0 Å². The molecule has 0 radical (unpaired) electrons. The highest BCUT2D eigenvalue weighted by atomic mass is 79.9. The maximum Gasteiger partial charge on any atom is 0.164 e. The van der Waals surface area contributed by atoms with E-state index in [1.807, 2.05) is 78.9 Å². The van der Waals surface area contributed by atoms with Crippen molar-refractivity contribution in [3.8, 4) is 34.2 Å². The van der Waals surface area contributed by atoms with Crippen LogP contribution >= 0.6 is 27.5 Å². The number of hydrogen-bond donors (Lipinski definition) is 0. The summed E-state index contributed by atoms with van der Waals surface area (Å²) < 4.78 is 1.01. The van der Waals surface area contributed by atoms with Crippen LogP contribution in [-0.4, -0.2) is 15.0 Å². The van der Waals surface area contributed by atoms with E-state index in [-0.39, 0.29) is 0 Å². The third kappa shape index (κ3) is 3.66. The Bertz CT molecular complexity index is 969. The van der Waals surface area contributed by atoms with Crippen LogP contribution in [0.4, 0.5) is 0 Å². The average Bonchev–Trinajstić information content (AvgIpc) is 2.69. The van der Waals surface area contributed by atoms with Gasteiger partial charge in [-0.1, -0.05) is 70.0 Å². The Labute approximate surface area is 164 Å². The van der Waals surface area contributed by atoms with Crippen molar-refractivity contribution in [2.75, 3.05) is 0 Å². The zero-order chi connectivity index (χ0) is 17.9. The van der Waals surface area contributed by atoms with Crippen molar-refractivity contribution < 1.29 is 0 Å². The molecule has 0 unspecified atom stereocenters. The minimum Gasteiger partial charge on any atom is -0.208 e. The molecule has 126 valence electrons. The minimum atomic E-state index is 0.619. The lowest BCUT2D eigenvalue weighted by molar-refractivity contribution is 1.07. The molecule has 0 spiro atoms. The van der Waals surface area contributed by atoms with Crippen molar-refractivity contribution in [3.63, 3.8) is 0 Å². The molecule has 4 aromatic rings. The molecule has 5 heteroatoms. The molecule has 0 amide bonds. The number of nitrogens with zero attached hydrogens (tertiary/aromatic N) is 3. The van der Waals surface area contributed by atoms with Gasteiger partial charge in [0.15, 0.2) is 17.5 Å². The predicted octanol–water partition coefficient (Wildman–Crippen LogP) is 6.29. The van der Waals surface area contributed by atoms with Gasteiger partial charge in [0.25, 0.3) is 0 Å². The molecule has 0 saturated heterocycles. The maximum absolute atomic E-state index is 6.01. The molecule has 0 N–H and O–H groups in total. The Kier molecular flexibility index (Phi) is 4.78. The van der Waals surface area contributed by atoms with Crippen molar-refractivity contribution in [1.29, 1.82) is 0 Å². The average molecular weight is 423 g/mol. The van der Waals surface area contributed by atoms with Crippen LogP contribution in [0.3, 0.4) is 0 Å². The third-order valence-electron chi connectivity index (χ3n) is 3.87. The molecule has 0 fully saturated rings. The summed E-state index contributed by atoms with van der Waals surface area (Å²) in [5.74, 6) is 1.90. The van der Waals surface area contributed by atoms with Gasteiger partial charge in [-0.15, -0.1) is 0 Å². The van der Waals surface area contributed by atoms with Crippen LogP contribution in [0.1, 0.15) is 0 Å². The van der Waals surface area contributed by atoms with Gasteiger partial charge in [0.05, 0.1) is 0 Å². The minimum absolute atomic E-state index is 0.619. The largest absolute Gasteiger partial charge is 0.208 e. The van der Waals surface area contributed by atoms with Gasteiger partial charge in [-0.2, -0.15) is 0 Å². The van der Waals surface area contributed by atoms with Crippen LogP contribution in [0.2, 0.25) is 5.02 Å². The fourth-order valence-electron chi connectivity index (χ4n) is 2.55. The van der Waals surface area contributed by atoms with E-state index in [0.29, 0.717) is 22.5 Å². The second kappa shape index (κ2) is 7.36. The first-order chi connectivity index (χ1) is 12.7. The molecule has 0 saturated carbocycles. The molecule has 3 nitrogen and oxygen atoms in total. The monoisotopic (exact) mass is 421 g/mol. The quantitative estimate of drug-likeness (QED) is 0.389. The summed E-state index contributed by atoms with van der Waals surface area (Å²) in [6.07, 6.45) is 0. The smallest absolute Gasteiger partial charge is 0.164 e. The first-order valence-corrected chi connectivity index (χ1v) is 9.19. The van der Waals surface area contributed by atoms with Crippen molar-refractivity contribution >= 4 is 27.5 Å². The Morgan fingerprint density at radius 3 is 1.46 bits per heavy atom. The second-order valence-electron chi connectivity index (χ2n) is 5.69. The highest BCUT2D eigenvalue weighted by Crippen LogP contribution is 2.26. The maximum atomic E-state index is 6.01. The Balaban J connectivity index is 1.89. The van der Waals surface area contributed by atoms with Gasteiger partial charge in [-0.3, -0.25) is 0 Å². The van der Waals surface area contributed by atoms with E-state index in [1.54, 1.807) is 0 Å². The zero-order valence-corrected chi connectivity index (χ0v) is 15.9. The van der Waals surface area contributed by atoms with Crippen LogP contribution in [0, 0.1) is 0 Å². The molecule has 1 aromatic heterocycles. The molecule has 0 bridgehead atoms. The summed E-state index contributed by atoms with van der Waals surface area (Å²) in [5, 5.41) is 0.680. The van der Waals surface area contributed by atoms with Crippen molar-refractivity contribution in [2.24, 2.45) is 0 Å². The molecule has 0 atom stereocenters. The topological polar surface area (TPSA) is 38.7 Å². The first kappa shape index (κ1) is 16.9.